The molecule has 0 bridgehead atoms. The fraction of sp³-hybridized carbons (Fsp3) is 0.292. The van der Waals surface area contributed by atoms with Crippen molar-refractivity contribution in [2.75, 3.05) is 5.32 Å². The number of nitrogens with one attached hydrogen (secondary N) is 2. The molecular formula is C24H24N4O. The van der Waals surface area contributed by atoms with E-state index in [1.807, 2.05) is 18.2 Å². The first kappa shape index (κ1) is 18.9. The number of hydrogen-bond acceptors (Lipinski definition) is 4. The summed E-state index contributed by atoms with van der Waals surface area (Å²) in [5, 5.41) is 16.9. The standard InChI is InChI=1S/C24H24N4O/c1-16-13-23(28-22-8-3-2-7-21(16)22)26-19-9-11-20(12-10-19)27-24(29)18-6-4-5-17(14-18)15-25/h2-8,13-14,19-20H,9-12H2,1H3,(H,26,28)(H,27,29). The number of pyridine rings is 1. The molecule has 0 saturated heterocycles. The molecule has 2 N–H and O–H groups in total. The van der Waals surface area contributed by atoms with Gasteiger partial charge in [-0.2, -0.15) is 5.26 Å². The summed E-state index contributed by atoms with van der Waals surface area (Å²) in [4.78, 5) is 17.2. The quantitative estimate of drug-likeness (QED) is 0.691. The van der Waals surface area contributed by atoms with E-state index in [-0.39, 0.29) is 11.9 Å². The fourth-order valence-corrected chi connectivity index (χ4v) is 4.01. The number of anilines is 1. The first-order chi connectivity index (χ1) is 14.1. The van der Waals surface area contributed by atoms with Crippen LogP contribution >= 0.6 is 0 Å². The van der Waals surface area contributed by atoms with Crippen LogP contribution in [0, 0.1) is 18.3 Å². The van der Waals surface area contributed by atoms with Gasteiger partial charge >= 0.3 is 0 Å². The molecule has 3 aromatic rings. The highest BCUT2D eigenvalue weighted by Gasteiger charge is 2.23. The van der Waals surface area contributed by atoms with Gasteiger partial charge in [-0.25, -0.2) is 4.98 Å². The van der Waals surface area contributed by atoms with E-state index in [2.05, 4.69) is 35.8 Å². The van der Waals surface area contributed by atoms with Gasteiger partial charge in [0.25, 0.3) is 5.91 Å². The Bertz CT molecular complexity index is 1080. The molecule has 0 unspecified atom stereocenters. The van der Waals surface area contributed by atoms with Crippen LogP contribution in [0.1, 0.15) is 47.2 Å². The fourth-order valence-electron chi connectivity index (χ4n) is 4.01. The van der Waals surface area contributed by atoms with E-state index in [4.69, 9.17) is 10.2 Å². The minimum atomic E-state index is -0.106. The van der Waals surface area contributed by atoms with Crippen LogP contribution in [0.3, 0.4) is 0 Å². The number of nitrogens with zero attached hydrogens (tertiary/aromatic N) is 2. The molecule has 0 atom stereocenters. The summed E-state index contributed by atoms with van der Waals surface area (Å²) in [7, 11) is 0. The zero-order chi connectivity index (χ0) is 20.2. The third-order valence-electron chi connectivity index (χ3n) is 5.59. The van der Waals surface area contributed by atoms with Crippen molar-refractivity contribution in [2.24, 2.45) is 0 Å². The second-order valence-electron chi connectivity index (χ2n) is 7.70. The third-order valence-corrected chi connectivity index (χ3v) is 5.59. The van der Waals surface area contributed by atoms with Crippen LogP contribution in [0.5, 0.6) is 0 Å². The Balaban J connectivity index is 1.34. The van der Waals surface area contributed by atoms with E-state index in [0.29, 0.717) is 17.2 Å². The number of carbonyl (C=O) groups is 1. The van der Waals surface area contributed by atoms with Crippen LogP contribution in [-0.4, -0.2) is 23.0 Å². The van der Waals surface area contributed by atoms with Crippen LogP contribution in [0.15, 0.2) is 54.6 Å². The summed E-state index contributed by atoms with van der Waals surface area (Å²) in [6.07, 6.45) is 3.81. The van der Waals surface area contributed by atoms with E-state index >= 15 is 0 Å². The molecule has 5 nitrogen and oxygen atoms in total. The zero-order valence-electron chi connectivity index (χ0n) is 16.5. The monoisotopic (exact) mass is 384 g/mol. The lowest BCUT2D eigenvalue weighted by Gasteiger charge is -2.30. The summed E-state index contributed by atoms with van der Waals surface area (Å²) in [6.45, 7) is 2.11. The van der Waals surface area contributed by atoms with Crippen LogP contribution in [0.25, 0.3) is 10.9 Å². The van der Waals surface area contributed by atoms with Gasteiger partial charge in [-0.05, 0) is 68.5 Å². The summed E-state index contributed by atoms with van der Waals surface area (Å²) in [5.74, 6) is 0.812. The van der Waals surface area contributed by atoms with Gasteiger partial charge in [-0.15, -0.1) is 0 Å². The molecule has 146 valence electrons. The molecule has 2 aromatic carbocycles. The number of carbonyl (C=O) groups excluding carboxylic acids is 1. The molecule has 0 aliphatic heterocycles. The van der Waals surface area contributed by atoms with Crippen molar-refractivity contribution >= 4 is 22.6 Å². The summed E-state index contributed by atoms with van der Waals surface area (Å²) in [5.41, 5.74) is 3.28. The lowest BCUT2D eigenvalue weighted by atomic mass is 9.91. The number of benzene rings is 2. The summed E-state index contributed by atoms with van der Waals surface area (Å²) >= 11 is 0. The van der Waals surface area contributed by atoms with Crippen molar-refractivity contribution < 1.29 is 4.79 Å². The van der Waals surface area contributed by atoms with Crippen LogP contribution in [0.2, 0.25) is 0 Å². The highest BCUT2D eigenvalue weighted by atomic mass is 16.1. The number of nitriles is 1. The predicted molar refractivity (Wildman–Crippen MR) is 115 cm³/mol. The van der Waals surface area contributed by atoms with Gasteiger partial charge in [-0.1, -0.05) is 24.3 Å². The molecule has 4 rings (SSSR count). The van der Waals surface area contributed by atoms with Gasteiger partial charge in [0.15, 0.2) is 0 Å². The van der Waals surface area contributed by atoms with Gasteiger partial charge in [0.05, 0.1) is 17.1 Å². The molecule has 1 heterocycles. The Hall–Kier alpha value is -3.39. The number of aryl methyl sites for hydroxylation is 1. The number of hydrogen-bond donors (Lipinski definition) is 2. The molecule has 5 heteroatoms. The highest BCUT2D eigenvalue weighted by molar-refractivity contribution is 5.94. The maximum atomic E-state index is 12.5. The Morgan fingerprint density at radius 2 is 1.79 bits per heavy atom. The Labute approximate surface area is 170 Å². The molecule has 1 amide bonds. The van der Waals surface area contributed by atoms with Crippen LogP contribution < -0.4 is 10.6 Å². The van der Waals surface area contributed by atoms with Crippen LogP contribution in [-0.2, 0) is 0 Å². The van der Waals surface area contributed by atoms with E-state index < -0.39 is 0 Å². The predicted octanol–water partition coefficient (Wildman–Crippen LogP) is 4.57. The van der Waals surface area contributed by atoms with Crippen molar-refractivity contribution in [3.05, 3.63) is 71.3 Å². The van der Waals surface area contributed by atoms with E-state index in [9.17, 15) is 4.79 Å². The number of aromatic nitrogens is 1. The van der Waals surface area contributed by atoms with Gasteiger partial charge in [0.2, 0.25) is 0 Å². The Morgan fingerprint density at radius 1 is 1.03 bits per heavy atom. The maximum absolute atomic E-state index is 12.5. The number of fused-ring (bicyclic) bond motifs is 1. The minimum absolute atomic E-state index is 0.106. The summed E-state index contributed by atoms with van der Waals surface area (Å²) < 4.78 is 0. The van der Waals surface area contributed by atoms with Crippen molar-refractivity contribution in [2.45, 2.75) is 44.7 Å². The van der Waals surface area contributed by atoms with Gasteiger partial charge in [0, 0.05) is 23.0 Å². The molecule has 1 aliphatic carbocycles. The number of para-hydroxylation sites is 1. The van der Waals surface area contributed by atoms with E-state index in [1.54, 1.807) is 24.3 Å². The van der Waals surface area contributed by atoms with Crippen molar-refractivity contribution in [1.29, 1.82) is 5.26 Å². The average Bonchev–Trinajstić information content (AvgIpc) is 2.75. The molecule has 1 fully saturated rings. The highest BCUT2D eigenvalue weighted by Crippen LogP contribution is 2.25. The second kappa shape index (κ2) is 8.32. The molecule has 0 spiro atoms. The normalized spacial score (nSPS) is 18.8. The van der Waals surface area contributed by atoms with E-state index in [0.717, 1.165) is 37.0 Å². The third kappa shape index (κ3) is 4.38. The number of rotatable bonds is 4. The minimum Gasteiger partial charge on any atom is -0.367 e. The van der Waals surface area contributed by atoms with Crippen LogP contribution in [0.4, 0.5) is 5.82 Å². The zero-order valence-corrected chi connectivity index (χ0v) is 16.5. The molecule has 1 saturated carbocycles. The van der Waals surface area contributed by atoms with Crippen molar-refractivity contribution in [1.82, 2.24) is 10.3 Å². The molecular weight excluding hydrogens is 360 g/mol. The van der Waals surface area contributed by atoms with Gasteiger partial charge < -0.3 is 10.6 Å². The van der Waals surface area contributed by atoms with Crippen molar-refractivity contribution in [3.8, 4) is 6.07 Å². The molecule has 1 aliphatic rings. The largest absolute Gasteiger partial charge is 0.367 e. The smallest absolute Gasteiger partial charge is 0.251 e. The second-order valence-corrected chi connectivity index (χ2v) is 7.70. The maximum Gasteiger partial charge on any atom is 0.251 e. The van der Waals surface area contributed by atoms with Gasteiger partial charge in [-0.3, -0.25) is 4.79 Å². The Kier molecular flexibility index (Phi) is 5.44. The SMILES string of the molecule is Cc1cc(NC2CCC(NC(=O)c3cccc(C#N)c3)CC2)nc2ccccc12. The number of amides is 1. The molecule has 0 radical (unpaired) electrons. The average molecular weight is 384 g/mol. The first-order valence-electron chi connectivity index (χ1n) is 10.1. The Morgan fingerprint density at radius 3 is 2.59 bits per heavy atom. The lowest BCUT2D eigenvalue weighted by Crippen LogP contribution is -2.40. The lowest BCUT2D eigenvalue weighted by molar-refractivity contribution is 0.0926. The first-order valence-corrected chi connectivity index (χ1v) is 10.1. The van der Waals surface area contributed by atoms with Crippen molar-refractivity contribution in [3.63, 3.8) is 0 Å². The molecule has 1 aromatic heterocycles. The topological polar surface area (TPSA) is 77.8 Å². The summed E-state index contributed by atoms with van der Waals surface area (Å²) in [6, 6.07) is 19.7. The molecule has 29 heavy (non-hydrogen) atoms. The van der Waals surface area contributed by atoms with Gasteiger partial charge in [0.1, 0.15) is 5.82 Å². The van der Waals surface area contributed by atoms with E-state index in [1.165, 1.54) is 10.9 Å².